The average molecular weight is 191 g/mol. The van der Waals surface area contributed by atoms with Crippen molar-refractivity contribution < 1.29 is 4.79 Å². The summed E-state index contributed by atoms with van der Waals surface area (Å²) in [4.78, 5) is 13.0. The van der Waals surface area contributed by atoms with Crippen molar-refractivity contribution in [1.82, 2.24) is 10.2 Å². The number of rotatable bonds is 0. The number of piperazine rings is 1. The predicted octanol–water partition coefficient (Wildman–Crippen LogP) is 0.391. The second-order valence-corrected chi connectivity index (χ2v) is 3.56. The molecule has 1 amide bonds. The lowest BCUT2D eigenvalue weighted by Gasteiger charge is -2.31. The van der Waals surface area contributed by atoms with Crippen LogP contribution in [0.15, 0.2) is 0 Å². The van der Waals surface area contributed by atoms with Crippen LogP contribution in [0.5, 0.6) is 0 Å². The fourth-order valence-electron chi connectivity index (χ4n) is 2.05. The molecule has 3 nitrogen and oxygen atoms in total. The number of nitrogens with zero attached hydrogens (tertiary/aromatic N) is 1. The quantitative estimate of drug-likeness (QED) is 0.600. The van der Waals surface area contributed by atoms with Crippen LogP contribution in [0, 0.1) is 0 Å². The van der Waals surface area contributed by atoms with Gasteiger partial charge < -0.3 is 10.2 Å². The van der Waals surface area contributed by atoms with E-state index in [4.69, 9.17) is 0 Å². The van der Waals surface area contributed by atoms with Crippen molar-refractivity contribution in [1.29, 1.82) is 0 Å². The Hall–Kier alpha value is -0.280. The smallest absolute Gasteiger partial charge is 0.219 e. The van der Waals surface area contributed by atoms with Gasteiger partial charge in [-0.15, -0.1) is 12.4 Å². The molecule has 2 bridgehead atoms. The first kappa shape index (κ1) is 9.81. The molecule has 0 saturated carbocycles. The molecule has 2 heterocycles. The van der Waals surface area contributed by atoms with Crippen LogP contribution >= 0.6 is 12.4 Å². The molecule has 0 radical (unpaired) electrons. The Balaban J connectivity index is 0.000000720. The highest BCUT2D eigenvalue weighted by atomic mass is 35.5. The zero-order valence-electron chi connectivity index (χ0n) is 7.25. The number of halogens is 1. The molecule has 4 heteroatoms. The van der Waals surface area contributed by atoms with Crippen molar-refractivity contribution in [3.63, 3.8) is 0 Å². The summed E-state index contributed by atoms with van der Waals surface area (Å²) in [6, 6.07) is 1.16. The first-order valence-electron chi connectivity index (χ1n) is 4.27. The third kappa shape index (κ3) is 1.72. The van der Waals surface area contributed by atoms with Gasteiger partial charge in [-0.05, 0) is 12.8 Å². The number of amides is 1. The summed E-state index contributed by atoms with van der Waals surface area (Å²) < 4.78 is 0. The largest absolute Gasteiger partial charge is 0.340 e. The zero-order chi connectivity index (χ0) is 7.84. The van der Waals surface area contributed by atoms with Crippen LogP contribution in [0.1, 0.15) is 19.8 Å². The standard InChI is InChI=1S/C8H14N2O.ClH/c1-6(11)10-4-7-2-3-8(5-10)9-7;/h7-9H,2-5H2,1H3;1H/t7-,8+;. The van der Waals surface area contributed by atoms with Gasteiger partial charge in [0, 0.05) is 32.1 Å². The maximum Gasteiger partial charge on any atom is 0.219 e. The monoisotopic (exact) mass is 190 g/mol. The molecule has 0 spiro atoms. The van der Waals surface area contributed by atoms with Crippen molar-refractivity contribution >= 4 is 18.3 Å². The first-order chi connectivity index (χ1) is 5.25. The second kappa shape index (κ2) is 3.62. The van der Waals surface area contributed by atoms with Gasteiger partial charge in [-0.25, -0.2) is 0 Å². The van der Waals surface area contributed by atoms with E-state index in [0.29, 0.717) is 12.1 Å². The molecular weight excluding hydrogens is 176 g/mol. The molecule has 2 fully saturated rings. The lowest BCUT2D eigenvalue weighted by molar-refractivity contribution is -0.130. The van der Waals surface area contributed by atoms with Crippen molar-refractivity contribution in [3.8, 4) is 0 Å². The molecule has 2 rings (SSSR count). The van der Waals surface area contributed by atoms with Crippen LogP contribution in [0.3, 0.4) is 0 Å². The summed E-state index contributed by atoms with van der Waals surface area (Å²) in [5.74, 6) is 0.225. The van der Waals surface area contributed by atoms with E-state index >= 15 is 0 Å². The number of nitrogens with one attached hydrogen (secondary N) is 1. The van der Waals surface area contributed by atoms with E-state index in [1.807, 2.05) is 4.90 Å². The van der Waals surface area contributed by atoms with Crippen molar-refractivity contribution in [2.24, 2.45) is 0 Å². The van der Waals surface area contributed by atoms with Gasteiger partial charge in [0.2, 0.25) is 5.91 Å². The van der Waals surface area contributed by atoms with E-state index < -0.39 is 0 Å². The molecule has 12 heavy (non-hydrogen) atoms. The lowest BCUT2D eigenvalue weighted by atomic mass is 10.2. The van der Waals surface area contributed by atoms with Crippen molar-refractivity contribution in [3.05, 3.63) is 0 Å². The molecule has 0 aromatic carbocycles. The summed E-state index contributed by atoms with van der Waals surface area (Å²) in [6.07, 6.45) is 2.49. The number of carbonyl (C=O) groups excluding carboxylic acids is 1. The molecule has 2 atom stereocenters. The molecule has 2 saturated heterocycles. The van der Waals surface area contributed by atoms with Crippen LogP contribution in [-0.2, 0) is 4.79 Å². The minimum atomic E-state index is 0. The number of hydrogen-bond donors (Lipinski definition) is 1. The Morgan fingerprint density at radius 3 is 2.25 bits per heavy atom. The molecular formula is C8H15ClN2O. The number of carbonyl (C=O) groups is 1. The third-order valence-corrected chi connectivity index (χ3v) is 2.66. The zero-order valence-corrected chi connectivity index (χ0v) is 8.06. The summed E-state index contributed by atoms with van der Waals surface area (Å²) in [6.45, 7) is 3.50. The Morgan fingerprint density at radius 1 is 1.33 bits per heavy atom. The van der Waals surface area contributed by atoms with Gasteiger partial charge in [0.05, 0.1) is 0 Å². The van der Waals surface area contributed by atoms with Gasteiger partial charge in [-0.2, -0.15) is 0 Å². The highest BCUT2D eigenvalue weighted by Crippen LogP contribution is 2.19. The Kier molecular flexibility index (Phi) is 2.96. The SMILES string of the molecule is CC(=O)N1C[C@H]2CC[C@@H](C1)N2.Cl. The topological polar surface area (TPSA) is 32.3 Å². The van der Waals surface area contributed by atoms with E-state index in [0.717, 1.165) is 13.1 Å². The average Bonchev–Trinajstić information content (AvgIpc) is 2.30. The number of fused-ring (bicyclic) bond motifs is 2. The highest BCUT2D eigenvalue weighted by molar-refractivity contribution is 5.85. The summed E-state index contributed by atoms with van der Waals surface area (Å²) in [5, 5.41) is 3.48. The van der Waals surface area contributed by atoms with Crippen molar-refractivity contribution in [2.75, 3.05) is 13.1 Å². The summed E-state index contributed by atoms with van der Waals surface area (Å²) in [7, 11) is 0. The van der Waals surface area contributed by atoms with E-state index in [9.17, 15) is 4.79 Å². The van der Waals surface area contributed by atoms with Gasteiger partial charge in [0.25, 0.3) is 0 Å². The normalized spacial score (nSPS) is 32.9. The minimum Gasteiger partial charge on any atom is -0.340 e. The minimum absolute atomic E-state index is 0. The molecule has 70 valence electrons. The fourth-order valence-corrected chi connectivity index (χ4v) is 2.05. The predicted molar refractivity (Wildman–Crippen MR) is 49.4 cm³/mol. The van der Waals surface area contributed by atoms with Crippen LogP contribution in [0.25, 0.3) is 0 Å². The van der Waals surface area contributed by atoms with Crippen LogP contribution in [0.4, 0.5) is 0 Å². The Bertz CT molecular complexity index is 174. The molecule has 0 aromatic heterocycles. The number of hydrogen-bond acceptors (Lipinski definition) is 2. The molecule has 0 unspecified atom stereocenters. The van der Waals surface area contributed by atoms with E-state index in [2.05, 4.69) is 5.32 Å². The molecule has 1 N–H and O–H groups in total. The first-order valence-corrected chi connectivity index (χ1v) is 4.27. The van der Waals surface area contributed by atoms with Gasteiger partial charge >= 0.3 is 0 Å². The Morgan fingerprint density at radius 2 is 1.83 bits per heavy atom. The van der Waals surface area contributed by atoms with Crippen molar-refractivity contribution in [2.45, 2.75) is 31.8 Å². The van der Waals surface area contributed by atoms with Gasteiger partial charge in [-0.1, -0.05) is 0 Å². The van der Waals surface area contributed by atoms with Gasteiger partial charge in [0.1, 0.15) is 0 Å². The number of likely N-dealkylation sites (tertiary alicyclic amines) is 1. The molecule has 2 aliphatic heterocycles. The lowest BCUT2D eigenvalue weighted by Crippen LogP contribution is -2.52. The van der Waals surface area contributed by atoms with E-state index in [-0.39, 0.29) is 18.3 Å². The van der Waals surface area contributed by atoms with E-state index in [1.54, 1.807) is 6.92 Å². The molecule has 0 aromatic rings. The van der Waals surface area contributed by atoms with Gasteiger partial charge in [0.15, 0.2) is 0 Å². The fraction of sp³-hybridized carbons (Fsp3) is 0.875. The maximum absolute atomic E-state index is 11.0. The van der Waals surface area contributed by atoms with Crippen LogP contribution in [0.2, 0.25) is 0 Å². The molecule has 0 aliphatic carbocycles. The third-order valence-electron chi connectivity index (χ3n) is 2.66. The molecule has 2 aliphatic rings. The van der Waals surface area contributed by atoms with Crippen LogP contribution < -0.4 is 5.32 Å². The summed E-state index contributed by atoms with van der Waals surface area (Å²) in [5.41, 5.74) is 0. The second-order valence-electron chi connectivity index (χ2n) is 3.56. The summed E-state index contributed by atoms with van der Waals surface area (Å²) >= 11 is 0. The van der Waals surface area contributed by atoms with Crippen LogP contribution in [-0.4, -0.2) is 36.0 Å². The highest BCUT2D eigenvalue weighted by Gasteiger charge is 2.32. The Labute approximate surface area is 78.9 Å². The maximum atomic E-state index is 11.0. The van der Waals surface area contributed by atoms with Gasteiger partial charge in [-0.3, -0.25) is 4.79 Å². The van der Waals surface area contributed by atoms with E-state index in [1.165, 1.54) is 12.8 Å².